The third-order valence-electron chi connectivity index (χ3n) is 2.73. The highest BCUT2D eigenvalue weighted by Gasteiger charge is 2.14. The van der Waals surface area contributed by atoms with E-state index < -0.39 is 0 Å². The molecule has 0 bridgehead atoms. The summed E-state index contributed by atoms with van der Waals surface area (Å²) in [5, 5.41) is 3.28. The van der Waals surface area contributed by atoms with Crippen LogP contribution in [0.5, 0.6) is 5.75 Å². The molecule has 5 heteroatoms. The monoisotopic (exact) mass is 279 g/mol. The minimum Gasteiger partial charge on any atom is -0.496 e. The van der Waals surface area contributed by atoms with Crippen molar-refractivity contribution in [3.05, 3.63) is 52.4 Å². The standard InChI is InChI=1S/C14H14ClNO3/c1-9-6-13(18-2)11(7-12(9)15)14(17)16-8-10-4-3-5-19-10/h3-7H,8H2,1-2H3,(H,16,17). The molecule has 1 aromatic carbocycles. The Balaban J connectivity index is 2.16. The highest BCUT2D eigenvalue weighted by Crippen LogP contribution is 2.26. The fraction of sp³-hybridized carbons (Fsp3) is 0.214. The van der Waals surface area contributed by atoms with Crippen molar-refractivity contribution < 1.29 is 13.9 Å². The van der Waals surface area contributed by atoms with E-state index in [2.05, 4.69) is 5.32 Å². The Morgan fingerprint density at radius 3 is 2.89 bits per heavy atom. The predicted molar refractivity (Wildman–Crippen MR) is 72.6 cm³/mol. The first-order valence-corrected chi connectivity index (χ1v) is 6.14. The van der Waals surface area contributed by atoms with Crippen LogP contribution in [0.3, 0.4) is 0 Å². The summed E-state index contributed by atoms with van der Waals surface area (Å²) in [5.74, 6) is 0.930. The van der Waals surface area contributed by atoms with E-state index in [9.17, 15) is 4.79 Å². The zero-order chi connectivity index (χ0) is 13.8. The Hall–Kier alpha value is -1.94. The Morgan fingerprint density at radius 1 is 1.47 bits per heavy atom. The van der Waals surface area contributed by atoms with Gasteiger partial charge < -0.3 is 14.5 Å². The van der Waals surface area contributed by atoms with Gasteiger partial charge in [0, 0.05) is 5.02 Å². The third kappa shape index (κ3) is 3.09. The lowest BCUT2D eigenvalue weighted by Crippen LogP contribution is -2.23. The zero-order valence-corrected chi connectivity index (χ0v) is 11.5. The molecule has 1 aromatic heterocycles. The number of methoxy groups -OCH3 is 1. The van der Waals surface area contributed by atoms with Crippen molar-refractivity contribution >= 4 is 17.5 Å². The molecule has 0 aliphatic heterocycles. The van der Waals surface area contributed by atoms with E-state index in [-0.39, 0.29) is 5.91 Å². The minimum atomic E-state index is -0.254. The van der Waals surface area contributed by atoms with Gasteiger partial charge in [0.05, 0.1) is 25.5 Å². The number of carbonyl (C=O) groups excluding carboxylic acids is 1. The Kier molecular flexibility index (Phi) is 4.12. The van der Waals surface area contributed by atoms with E-state index >= 15 is 0 Å². The first kappa shape index (κ1) is 13.5. The third-order valence-corrected chi connectivity index (χ3v) is 3.14. The molecule has 2 aromatic rings. The molecule has 0 saturated carbocycles. The van der Waals surface area contributed by atoms with Crippen molar-refractivity contribution in [1.82, 2.24) is 5.32 Å². The number of aryl methyl sites for hydroxylation is 1. The van der Waals surface area contributed by atoms with Crippen LogP contribution in [0.15, 0.2) is 34.9 Å². The van der Waals surface area contributed by atoms with Crippen molar-refractivity contribution in [2.24, 2.45) is 0 Å². The quantitative estimate of drug-likeness (QED) is 0.935. The van der Waals surface area contributed by atoms with E-state index in [1.807, 2.05) is 6.92 Å². The first-order valence-electron chi connectivity index (χ1n) is 5.76. The Morgan fingerprint density at radius 2 is 2.26 bits per heavy atom. The molecule has 0 spiro atoms. The summed E-state index contributed by atoms with van der Waals surface area (Å²) in [4.78, 5) is 12.1. The largest absolute Gasteiger partial charge is 0.496 e. The molecular formula is C14H14ClNO3. The van der Waals surface area contributed by atoms with Gasteiger partial charge in [0.2, 0.25) is 0 Å². The smallest absolute Gasteiger partial charge is 0.255 e. The maximum atomic E-state index is 12.1. The number of rotatable bonds is 4. The van der Waals surface area contributed by atoms with E-state index in [0.29, 0.717) is 28.6 Å². The summed E-state index contributed by atoms with van der Waals surface area (Å²) < 4.78 is 10.3. The van der Waals surface area contributed by atoms with Gasteiger partial charge in [-0.1, -0.05) is 11.6 Å². The number of hydrogen-bond donors (Lipinski definition) is 1. The van der Waals surface area contributed by atoms with Crippen molar-refractivity contribution in [3.8, 4) is 5.75 Å². The lowest BCUT2D eigenvalue weighted by atomic mass is 10.1. The average Bonchev–Trinajstić information content (AvgIpc) is 2.91. The molecule has 0 unspecified atom stereocenters. The van der Waals surface area contributed by atoms with Crippen LogP contribution in [0.4, 0.5) is 0 Å². The van der Waals surface area contributed by atoms with Gasteiger partial charge in [0.1, 0.15) is 11.5 Å². The molecule has 0 radical (unpaired) electrons. The fourth-order valence-corrected chi connectivity index (χ4v) is 1.84. The van der Waals surface area contributed by atoms with Gasteiger partial charge >= 0.3 is 0 Å². The van der Waals surface area contributed by atoms with E-state index in [1.165, 1.54) is 7.11 Å². The highest BCUT2D eigenvalue weighted by atomic mass is 35.5. The topological polar surface area (TPSA) is 51.5 Å². The second-order valence-electron chi connectivity index (χ2n) is 4.06. The number of ether oxygens (including phenoxy) is 1. The second-order valence-corrected chi connectivity index (χ2v) is 4.47. The van der Waals surface area contributed by atoms with Gasteiger partial charge in [-0.2, -0.15) is 0 Å². The maximum absolute atomic E-state index is 12.1. The van der Waals surface area contributed by atoms with Gasteiger partial charge in [-0.3, -0.25) is 4.79 Å². The van der Waals surface area contributed by atoms with E-state index in [1.54, 1.807) is 30.5 Å². The minimum absolute atomic E-state index is 0.254. The van der Waals surface area contributed by atoms with Crippen LogP contribution in [0.2, 0.25) is 5.02 Å². The van der Waals surface area contributed by atoms with Crippen LogP contribution in [0, 0.1) is 6.92 Å². The lowest BCUT2D eigenvalue weighted by molar-refractivity contribution is 0.0945. The Bertz CT molecular complexity index is 579. The number of amides is 1. The molecular weight excluding hydrogens is 266 g/mol. The second kappa shape index (κ2) is 5.80. The van der Waals surface area contributed by atoms with Crippen molar-refractivity contribution in [2.45, 2.75) is 13.5 Å². The molecule has 4 nitrogen and oxygen atoms in total. The molecule has 1 N–H and O–H groups in total. The van der Waals surface area contributed by atoms with Crippen LogP contribution in [0.25, 0.3) is 0 Å². The van der Waals surface area contributed by atoms with E-state index in [0.717, 1.165) is 5.56 Å². The number of nitrogens with one attached hydrogen (secondary N) is 1. The summed E-state index contributed by atoms with van der Waals surface area (Å²) in [7, 11) is 1.52. The van der Waals surface area contributed by atoms with Crippen LogP contribution < -0.4 is 10.1 Å². The first-order chi connectivity index (χ1) is 9.11. The summed E-state index contributed by atoms with van der Waals surface area (Å²) >= 11 is 6.03. The molecule has 19 heavy (non-hydrogen) atoms. The summed E-state index contributed by atoms with van der Waals surface area (Å²) in [6.45, 7) is 2.18. The van der Waals surface area contributed by atoms with Crippen LogP contribution in [-0.4, -0.2) is 13.0 Å². The maximum Gasteiger partial charge on any atom is 0.255 e. The van der Waals surface area contributed by atoms with Crippen LogP contribution >= 0.6 is 11.6 Å². The number of carbonyl (C=O) groups is 1. The molecule has 0 aliphatic rings. The van der Waals surface area contributed by atoms with Gasteiger partial charge in [0.15, 0.2) is 0 Å². The lowest BCUT2D eigenvalue weighted by Gasteiger charge is -2.10. The summed E-state index contributed by atoms with van der Waals surface area (Å²) in [6, 6.07) is 6.90. The van der Waals surface area contributed by atoms with Crippen molar-refractivity contribution in [1.29, 1.82) is 0 Å². The van der Waals surface area contributed by atoms with Crippen LogP contribution in [-0.2, 0) is 6.54 Å². The van der Waals surface area contributed by atoms with Crippen molar-refractivity contribution in [3.63, 3.8) is 0 Å². The molecule has 1 amide bonds. The average molecular weight is 280 g/mol. The zero-order valence-electron chi connectivity index (χ0n) is 10.7. The normalized spacial score (nSPS) is 10.3. The molecule has 0 atom stereocenters. The van der Waals surface area contributed by atoms with E-state index in [4.69, 9.17) is 20.8 Å². The number of halogens is 1. The molecule has 0 aliphatic carbocycles. The molecule has 100 valence electrons. The number of hydrogen-bond acceptors (Lipinski definition) is 3. The SMILES string of the molecule is COc1cc(C)c(Cl)cc1C(=O)NCc1ccco1. The van der Waals surface area contributed by atoms with Gasteiger partial charge in [0.25, 0.3) is 5.91 Å². The van der Waals surface area contributed by atoms with Gasteiger partial charge in [-0.05, 0) is 36.8 Å². The summed E-state index contributed by atoms with van der Waals surface area (Å²) in [6.07, 6.45) is 1.56. The number of benzene rings is 1. The number of furan rings is 1. The van der Waals surface area contributed by atoms with Crippen LogP contribution in [0.1, 0.15) is 21.7 Å². The van der Waals surface area contributed by atoms with Gasteiger partial charge in [-0.15, -0.1) is 0 Å². The summed E-state index contributed by atoms with van der Waals surface area (Å²) in [5.41, 5.74) is 1.27. The Labute approximate surface area is 116 Å². The molecule has 1 heterocycles. The van der Waals surface area contributed by atoms with Gasteiger partial charge in [-0.25, -0.2) is 0 Å². The van der Waals surface area contributed by atoms with Crippen molar-refractivity contribution in [2.75, 3.05) is 7.11 Å². The molecule has 2 rings (SSSR count). The predicted octanol–water partition coefficient (Wildman–Crippen LogP) is 3.18. The highest BCUT2D eigenvalue weighted by molar-refractivity contribution is 6.31. The molecule has 0 fully saturated rings. The fourth-order valence-electron chi connectivity index (χ4n) is 1.68. The molecule has 0 saturated heterocycles.